The zero-order valence-electron chi connectivity index (χ0n) is 13.9. The van der Waals surface area contributed by atoms with Crippen LogP contribution in [0.25, 0.3) is 0 Å². The lowest BCUT2D eigenvalue weighted by Gasteiger charge is -2.18. The van der Waals surface area contributed by atoms with Crippen molar-refractivity contribution in [3.05, 3.63) is 54.4 Å². The second kappa shape index (κ2) is 7.81. The number of amides is 1. The number of nitrogens with one attached hydrogen (secondary N) is 1. The molecule has 1 aromatic heterocycles. The monoisotopic (exact) mass is 325 g/mol. The number of carbonyl (C=O) groups excluding carboxylic acids is 1. The summed E-state index contributed by atoms with van der Waals surface area (Å²) < 4.78 is 5.35. The topological polar surface area (TPSA) is 54.5 Å². The molecule has 1 fully saturated rings. The third kappa shape index (κ3) is 4.04. The minimum Gasteiger partial charge on any atom is -0.496 e. The summed E-state index contributed by atoms with van der Waals surface area (Å²) >= 11 is 0. The van der Waals surface area contributed by atoms with Crippen LogP contribution in [-0.2, 0) is 11.2 Å². The van der Waals surface area contributed by atoms with E-state index in [0.717, 1.165) is 36.5 Å². The summed E-state index contributed by atoms with van der Waals surface area (Å²) in [4.78, 5) is 18.5. The number of nitrogens with zero attached hydrogens (tertiary/aromatic N) is 2. The molecule has 0 radical (unpaired) electrons. The molecule has 0 aliphatic carbocycles. The van der Waals surface area contributed by atoms with Crippen LogP contribution in [-0.4, -0.2) is 42.0 Å². The third-order valence-electron chi connectivity index (χ3n) is 4.37. The van der Waals surface area contributed by atoms with Crippen molar-refractivity contribution in [3.63, 3.8) is 0 Å². The van der Waals surface area contributed by atoms with Crippen molar-refractivity contribution in [1.82, 2.24) is 9.88 Å². The van der Waals surface area contributed by atoms with Gasteiger partial charge in [-0.2, -0.15) is 0 Å². The van der Waals surface area contributed by atoms with Gasteiger partial charge in [-0.25, -0.2) is 0 Å². The van der Waals surface area contributed by atoms with E-state index in [2.05, 4.69) is 10.3 Å². The number of hydrogen-bond donors (Lipinski definition) is 1. The van der Waals surface area contributed by atoms with E-state index in [-0.39, 0.29) is 5.91 Å². The normalized spacial score (nSPS) is 16.9. The van der Waals surface area contributed by atoms with Crippen LogP contribution in [0.3, 0.4) is 0 Å². The van der Waals surface area contributed by atoms with E-state index in [1.807, 2.05) is 47.5 Å². The first-order valence-corrected chi connectivity index (χ1v) is 8.32. The van der Waals surface area contributed by atoms with Gasteiger partial charge >= 0.3 is 0 Å². The highest BCUT2D eigenvalue weighted by Gasteiger charge is 2.25. The molecule has 1 aliphatic rings. The standard InChI is InChI=1S/C19H23N3O2/c1-24-18-7-3-2-5-15(18)8-9-19(23)22-12-10-17(14-22)21-16-6-4-11-20-13-16/h2-7,11,13,17,21H,8-10,12,14H2,1H3/t17-/m0/s1. The number of aromatic nitrogens is 1. The van der Waals surface area contributed by atoms with Crippen molar-refractivity contribution < 1.29 is 9.53 Å². The van der Waals surface area contributed by atoms with Gasteiger partial charge in [-0.3, -0.25) is 9.78 Å². The van der Waals surface area contributed by atoms with Crippen molar-refractivity contribution in [3.8, 4) is 5.75 Å². The maximum absolute atomic E-state index is 12.5. The molecule has 5 nitrogen and oxygen atoms in total. The Bertz CT molecular complexity index is 675. The molecule has 0 spiro atoms. The Balaban J connectivity index is 1.49. The average molecular weight is 325 g/mol. The van der Waals surface area contributed by atoms with E-state index in [0.29, 0.717) is 18.9 Å². The number of aryl methyl sites for hydroxylation is 1. The summed E-state index contributed by atoms with van der Waals surface area (Å²) in [7, 11) is 1.66. The molecule has 1 N–H and O–H groups in total. The maximum atomic E-state index is 12.5. The van der Waals surface area contributed by atoms with Gasteiger partial charge < -0.3 is 15.0 Å². The van der Waals surface area contributed by atoms with Gasteiger partial charge in [0.1, 0.15) is 5.75 Å². The molecule has 0 unspecified atom stereocenters. The van der Waals surface area contributed by atoms with Crippen LogP contribution < -0.4 is 10.1 Å². The predicted molar refractivity (Wildman–Crippen MR) is 94.2 cm³/mol. The summed E-state index contributed by atoms with van der Waals surface area (Å²) in [6.45, 7) is 1.56. The van der Waals surface area contributed by atoms with E-state index < -0.39 is 0 Å². The zero-order chi connectivity index (χ0) is 16.8. The molecule has 1 atom stereocenters. The van der Waals surface area contributed by atoms with Crippen LogP contribution in [0.2, 0.25) is 0 Å². The van der Waals surface area contributed by atoms with Crippen LogP contribution in [0.4, 0.5) is 5.69 Å². The number of methoxy groups -OCH3 is 1. The Hall–Kier alpha value is -2.56. The molecule has 0 saturated carbocycles. The molecule has 2 aromatic rings. The summed E-state index contributed by atoms with van der Waals surface area (Å²) in [5, 5.41) is 3.44. The largest absolute Gasteiger partial charge is 0.496 e. The molecular weight excluding hydrogens is 302 g/mol. The molecule has 2 heterocycles. The Morgan fingerprint density at radius 2 is 2.21 bits per heavy atom. The van der Waals surface area contributed by atoms with Crippen molar-refractivity contribution in [2.45, 2.75) is 25.3 Å². The minimum atomic E-state index is 0.205. The van der Waals surface area contributed by atoms with Gasteiger partial charge in [-0.15, -0.1) is 0 Å². The van der Waals surface area contributed by atoms with E-state index in [1.165, 1.54) is 0 Å². The van der Waals surface area contributed by atoms with Gasteiger partial charge in [0.25, 0.3) is 0 Å². The SMILES string of the molecule is COc1ccccc1CCC(=O)N1CC[C@H](Nc2cccnc2)C1. The fourth-order valence-corrected chi connectivity index (χ4v) is 3.10. The van der Waals surface area contributed by atoms with Gasteiger partial charge in [0.05, 0.1) is 12.8 Å². The molecule has 1 saturated heterocycles. The average Bonchev–Trinajstić information content (AvgIpc) is 3.09. The van der Waals surface area contributed by atoms with E-state index in [1.54, 1.807) is 13.3 Å². The molecule has 3 rings (SSSR count). The Labute approximate surface area is 142 Å². The lowest BCUT2D eigenvalue weighted by molar-refractivity contribution is -0.130. The van der Waals surface area contributed by atoms with Crippen LogP contribution in [0.5, 0.6) is 5.75 Å². The number of ether oxygens (including phenoxy) is 1. The molecule has 1 aliphatic heterocycles. The fourth-order valence-electron chi connectivity index (χ4n) is 3.10. The molecule has 24 heavy (non-hydrogen) atoms. The Kier molecular flexibility index (Phi) is 5.31. The predicted octanol–water partition coefficient (Wildman–Crippen LogP) is 2.74. The van der Waals surface area contributed by atoms with Crippen molar-refractivity contribution >= 4 is 11.6 Å². The minimum absolute atomic E-state index is 0.205. The van der Waals surface area contributed by atoms with E-state index >= 15 is 0 Å². The van der Waals surface area contributed by atoms with E-state index in [4.69, 9.17) is 4.74 Å². The molecule has 0 bridgehead atoms. The highest BCUT2D eigenvalue weighted by Crippen LogP contribution is 2.20. The Morgan fingerprint density at radius 1 is 1.33 bits per heavy atom. The summed E-state index contributed by atoms with van der Waals surface area (Å²) in [6.07, 6.45) is 5.76. The number of rotatable bonds is 6. The number of pyridine rings is 1. The molecule has 1 amide bonds. The van der Waals surface area contributed by atoms with Crippen LogP contribution >= 0.6 is 0 Å². The van der Waals surface area contributed by atoms with Gasteiger partial charge in [-0.1, -0.05) is 18.2 Å². The molecule has 1 aromatic carbocycles. The van der Waals surface area contributed by atoms with Crippen molar-refractivity contribution in [1.29, 1.82) is 0 Å². The molecular formula is C19H23N3O2. The van der Waals surface area contributed by atoms with Gasteiger partial charge in [0.2, 0.25) is 5.91 Å². The van der Waals surface area contributed by atoms with E-state index in [9.17, 15) is 4.79 Å². The third-order valence-corrected chi connectivity index (χ3v) is 4.37. The van der Waals surface area contributed by atoms with Crippen LogP contribution in [0.1, 0.15) is 18.4 Å². The summed E-state index contributed by atoms with van der Waals surface area (Å²) in [5.41, 5.74) is 2.09. The lowest BCUT2D eigenvalue weighted by Crippen LogP contribution is -2.31. The second-order valence-electron chi connectivity index (χ2n) is 6.02. The maximum Gasteiger partial charge on any atom is 0.222 e. The zero-order valence-corrected chi connectivity index (χ0v) is 13.9. The van der Waals surface area contributed by atoms with Crippen molar-refractivity contribution in [2.75, 3.05) is 25.5 Å². The number of hydrogen-bond acceptors (Lipinski definition) is 4. The van der Waals surface area contributed by atoms with Crippen molar-refractivity contribution in [2.24, 2.45) is 0 Å². The highest BCUT2D eigenvalue weighted by atomic mass is 16.5. The van der Waals surface area contributed by atoms with Gasteiger partial charge in [0.15, 0.2) is 0 Å². The first-order valence-electron chi connectivity index (χ1n) is 8.32. The first kappa shape index (κ1) is 16.3. The molecule has 126 valence electrons. The second-order valence-corrected chi connectivity index (χ2v) is 6.02. The number of benzene rings is 1. The Morgan fingerprint density at radius 3 is 3.00 bits per heavy atom. The highest BCUT2D eigenvalue weighted by molar-refractivity contribution is 5.77. The molecule has 5 heteroatoms. The summed E-state index contributed by atoms with van der Waals surface area (Å²) in [6, 6.07) is 12.1. The fraction of sp³-hybridized carbons (Fsp3) is 0.368. The summed E-state index contributed by atoms with van der Waals surface area (Å²) in [5.74, 6) is 1.05. The van der Waals surface area contributed by atoms with Gasteiger partial charge in [0, 0.05) is 37.9 Å². The van der Waals surface area contributed by atoms with Crippen LogP contribution in [0, 0.1) is 0 Å². The number of likely N-dealkylation sites (tertiary alicyclic amines) is 1. The number of carbonyl (C=O) groups is 1. The first-order chi connectivity index (χ1) is 11.8. The van der Waals surface area contributed by atoms with Gasteiger partial charge in [-0.05, 0) is 36.6 Å². The smallest absolute Gasteiger partial charge is 0.222 e. The van der Waals surface area contributed by atoms with Crippen LogP contribution in [0.15, 0.2) is 48.8 Å². The quantitative estimate of drug-likeness (QED) is 0.887. The number of anilines is 1. The number of para-hydroxylation sites is 1. The lowest BCUT2D eigenvalue weighted by atomic mass is 10.1.